The van der Waals surface area contributed by atoms with Gasteiger partial charge in [-0.05, 0) is 13.3 Å². The van der Waals surface area contributed by atoms with E-state index in [4.69, 9.17) is 5.73 Å². The van der Waals surface area contributed by atoms with Crippen LogP contribution in [0.3, 0.4) is 0 Å². The Hall–Kier alpha value is -2.05. The van der Waals surface area contributed by atoms with Gasteiger partial charge < -0.3 is 11.1 Å². The lowest BCUT2D eigenvalue weighted by Crippen LogP contribution is -2.12. The number of anilines is 2. The summed E-state index contributed by atoms with van der Waals surface area (Å²) in [7, 11) is 1.88. The second-order valence-corrected chi connectivity index (χ2v) is 4.32. The highest BCUT2D eigenvalue weighted by Gasteiger charge is 2.16. The van der Waals surface area contributed by atoms with Gasteiger partial charge in [0.05, 0.1) is 17.4 Å². The first-order valence-corrected chi connectivity index (χ1v) is 6.06. The molecule has 0 aromatic carbocycles. The molecular formula is C11H19N7. The zero-order valence-electron chi connectivity index (χ0n) is 10.9. The molecular weight excluding hydrogens is 230 g/mol. The molecule has 0 fully saturated rings. The number of hydrogen-bond donors (Lipinski definition) is 3. The van der Waals surface area contributed by atoms with Crippen molar-refractivity contribution in [3.8, 4) is 0 Å². The van der Waals surface area contributed by atoms with E-state index in [0.29, 0.717) is 5.69 Å². The number of aromatic amines is 1. The highest BCUT2D eigenvalue weighted by Crippen LogP contribution is 2.26. The molecule has 7 nitrogen and oxygen atoms in total. The molecule has 0 aliphatic heterocycles. The number of H-pyrrole nitrogens is 1. The van der Waals surface area contributed by atoms with Crippen LogP contribution in [0.25, 0.3) is 0 Å². The molecule has 0 saturated carbocycles. The predicted molar refractivity (Wildman–Crippen MR) is 70.0 cm³/mol. The Kier molecular flexibility index (Phi) is 3.50. The summed E-state index contributed by atoms with van der Waals surface area (Å²) >= 11 is 0. The van der Waals surface area contributed by atoms with Crippen LogP contribution in [-0.4, -0.2) is 25.0 Å². The van der Waals surface area contributed by atoms with E-state index in [1.165, 1.54) is 6.33 Å². The fourth-order valence-electron chi connectivity index (χ4n) is 1.89. The summed E-state index contributed by atoms with van der Waals surface area (Å²) in [5.41, 5.74) is 7.75. The largest absolute Gasteiger partial charge is 0.394 e. The predicted octanol–water partition coefficient (Wildman–Crippen LogP) is 1.25. The molecule has 2 rings (SSSR count). The summed E-state index contributed by atoms with van der Waals surface area (Å²) in [4.78, 5) is 4.12. The number of rotatable bonds is 5. The van der Waals surface area contributed by atoms with Crippen molar-refractivity contribution in [1.82, 2.24) is 25.0 Å². The van der Waals surface area contributed by atoms with Crippen molar-refractivity contribution in [2.24, 2.45) is 7.05 Å². The molecule has 1 atom stereocenters. The van der Waals surface area contributed by atoms with Crippen LogP contribution in [0, 0.1) is 0 Å². The second-order valence-electron chi connectivity index (χ2n) is 4.32. The first kappa shape index (κ1) is 12.4. The molecule has 0 radical (unpaired) electrons. The SMILES string of the molecule is CCCc1nn(C)c(NC(C)c2ncn[nH]2)c1N. The minimum atomic E-state index is -0.000300. The molecule has 0 spiro atoms. The van der Waals surface area contributed by atoms with Gasteiger partial charge in [-0.1, -0.05) is 13.3 Å². The third-order valence-corrected chi connectivity index (χ3v) is 2.84. The molecule has 2 aromatic heterocycles. The van der Waals surface area contributed by atoms with Crippen molar-refractivity contribution < 1.29 is 0 Å². The number of nitrogens with zero attached hydrogens (tertiary/aromatic N) is 4. The molecule has 98 valence electrons. The van der Waals surface area contributed by atoms with Crippen molar-refractivity contribution >= 4 is 11.5 Å². The smallest absolute Gasteiger partial charge is 0.148 e. The molecule has 4 N–H and O–H groups in total. The summed E-state index contributed by atoms with van der Waals surface area (Å²) in [6, 6.07) is -0.000300. The Bertz CT molecular complexity index is 500. The van der Waals surface area contributed by atoms with E-state index in [1.807, 2.05) is 14.0 Å². The van der Waals surface area contributed by atoms with E-state index in [9.17, 15) is 0 Å². The Labute approximate surface area is 106 Å². The summed E-state index contributed by atoms with van der Waals surface area (Å²) in [5, 5.41) is 14.4. The van der Waals surface area contributed by atoms with Crippen LogP contribution in [0.5, 0.6) is 0 Å². The first-order chi connectivity index (χ1) is 8.63. The Morgan fingerprint density at radius 2 is 2.33 bits per heavy atom. The van der Waals surface area contributed by atoms with E-state index in [2.05, 4.69) is 32.5 Å². The third-order valence-electron chi connectivity index (χ3n) is 2.84. The zero-order chi connectivity index (χ0) is 13.1. The van der Waals surface area contributed by atoms with Crippen molar-refractivity contribution in [2.45, 2.75) is 32.7 Å². The molecule has 1 unspecified atom stereocenters. The van der Waals surface area contributed by atoms with Crippen LogP contribution >= 0.6 is 0 Å². The van der Waals surface area contributed by atoms with Crippen LogP contribution in [0.4, 0.5) is 11.5 Å². The van der Waals surface area contributed by atoms with Crippen molar-refractivity contribution in [3.63, 3.8) is 0 Å². The third kappa shape index (κ3) is 2.29. The molecule has 0 amide bonds. The minimum absolute atomic E-state index is 0.000300. The van der Waals surface area contributed by atoms with Crippen molar-refractivity contribution in [1.29, 1.82) is 0 Å². The van der Waals surface area contributed by atoms with Crippen molar-refractivity contribution in [3.05, 3.63) is 17.8 Å². The lowest BCUT2D eigenvalue weighted by Gasteiger charge is -2.13. The maximum absolute atomic E-state index is 6.10. The van der Waals surface area contributed by atoms with Gasteiger partial charge >= 0.3 is 0 Å². The number of nitrogens with one attached hydrogen (secondary N) is 2. The van der Waals surface area contributed by atoms with Gasteiger partial charge in [0.25, 0.3) is 0 Å². The molecule has 0 saturated heterocycles. The quantitative estimate of drug-likeness (QED) is 0.740. The fourth-order valence-corrected chi connectivity index (χ4v) is 1.89. The topological polar surface area (TPSA) is 97.4 Å². The van der Waals surface area contributed by atoms with Gasteiger partial charge in [0.1, 0.15) is 18.0 Å². The lowest BCUT2D eigenvalue weighted by atomic mass is 10.2. The summed E-state index contributed by atoms with van der Waals surface area (Å²) in [6.45, 7) is 4.10. The summed E-state index contributed by atoms with van der Waals surface area (Å²) < 4.78 is 1.77. The fraction of sp³-hybridized carbons (Fsp3) is 0.545. The minimum Gasteiger partial charge on any atom is -0.394 e. The Morgan fingerprint density at radius 1 is 1.56 bits per heavy atom. The average molecular weight is 249 g/mol. The molecule has 0 aliphatic carbocycles. The Morgan fingerprint density at radius 3 is 2.94 bits per heavy atom. The van der Waals surface area contributed by atoms with Gasteiger partial charge in [-0.15, -0.1) is 0 Å². The number of nitrogens with two attached hydrogens (primary N) is 1. The number of aryl methyl sites for hydroxylation is 2. The highest BCUT2D eigenvalue weighted by atomic mass is 15.3. The van der Waals surface area contributed by atoms with Crippen LogP contribution in [0.15, 0.2) is 6.33 Å². The average Bonchev–Trinajstić information content (AvgIpc) is 2.94. The van der Waals surface area contributed by atoms with Gasteiger partial charge in [0.2, 0.25) is 0 Å². The number of nitrogen functional groups attached to an aromatic ring is 1. The van der Waals surface area contributed by atoms with Crippen LogP contribution in [-0.2, 0) is 13.5 Å². The molecule has 7 heteroatoms. The van der Waals surface area contributed by atoms with Gasteiger partial charge in [-0.3, -0.25) is 9.78 Å². The van der Waals surface area contributed by atoms with Gasteiger partial charge in [-0.2, -0.15) is 10.2 Å². The molecule has 18 heavy (non-hydrogen) atoms. The lowest BCUT2D eigenvalue weighted by molar-refractivity contribution is 0.715. The maximum Gasteiger partial charge on any atom is 0.148 e. The highest BCUT2D eigenvalue weighted by molar-refractivity contribution is 5.65. The zero-order valence-corrected chi connectivity index (χ0v) is 10.9. The van der Waals surface area contributed by atoms with Crippen molar-refractivity contribution in [2.75, 3.05) is 11.1 Å². The number of hydrogen-bond acceptors (Lipinski definition) is 5. The molecule has 0 aliphatic rings. The summed E-state index contributed by atoms with van der Waals surface area (Å²) in [5.74, 6) is 1.59. The van der Waals surface area contributed by atoms with Gasteiger partial charge in [-0.25, -0.2) is 4.98 Å². The van der Waals surface area contributed by atoms with E-state index in [1.54, 1.807) is 4.68 Å². The monoisotopic (exact) mass is 249 g/mol. The van der Waals surface area contributed by atoms with Crippen LogP contribution in [0.1, 0.15) is 37.8 Å². The second kappa shape index (κ2) is 5.07. The standard InChI is InChI=1S/C11H19N7/c1-4-5-8-9(12)11(18(3)17-8)15-7(2)10-13-6-14-16-10/h6-7,15H,4-5,12H2,1-3H3,(H,13,14,16). The Balaban J connectivity index is 2.18. The van der Waals surface area contributed by atoms with E-state index < -0.39 is 0 Å². The van der Waals surface area contributed by atoms with Gasteiger partial charge in [0.15, 0.2) is 0 Å². The van der Waals surface area contributed by atoms with Crippen LogP contribution in [0.2, 0.25) is 0 Å². The molecule has 0 bridgehead atoms. The van der Waals surface area contributed by atoms with E-state index in [-0.39, 0.29) is 6.04 Å². The normalized spacial score (nSPS) is 12.6. The van der Waals surface area contributed by atoms with E-state index in [0.717, 1.165) is 30.2 Å². The van der Waals surface area contributed by atoms with E-state index >= 15 is 0 Å². The summed E-state index contributed by atoms with van der Waals surface area (Å²) in [6.07, 6.45) is 3.40. The first-order valence-electron chi connectivity index (χ1n) is 6.06. The number of aromatic nitrogens is 5. The molecule has 2 heterocycles. The molecule has 2 aromatic rings. The van der Waals surface area contributed by atoms with Gasteiger partial charge in [0, 0.05) is 7.05 Å². The maximum atomic E-state index is 6.10. The van der Waals surface area contributed by atoms with Crippen LogP contribution < -0.4 is 11.1 Å².